The molecule has 0 aliphatic rings. The lowest BCUT2D eigenvalue weighted by atomic mass is 10.0. The number of ether oxygens (including phenoxy) is 2. The molecule has 0 saturated heterocycles. The molecule has 4 heteroatoms. The van der Waals surface area contributed by atoms with Crippen molar-refractivity contribution in [3.63, 3.8) is 0 Å². The Morgan fingerprint density at radius 1 is 1.46 bits per heavy atom. The molecule has 0 spiro atoms. The smallest absolute Gasteiger partial charge is 0.334 e. The van der Waals surface area contributed by atoms with E-state index in [1.165, 1.54) is 7.11 Å². The Balaban J connectivity index is 3.82. The number of rotatable bonds is 5. The minimum Gasteiger partial charge on any atom is -0.467 e. The van der Waals surface area contributed by atoms with E-state index in [1.54, 1.807) is 7.11 Å². The zero-order chi connectivity index (χ0) is 10.5. The van der Waals surface area contributed by atoms with Gasteiger partial charge in [0, 0.05) is 7.11 Å². The fourth-order valence-electron chi connectivity index (χ4n) is 0.840. The number of aliphatic hydroxyl groups is 1. The van der Waals surface area contributed by atoms with Crippen LogP contribution in [0, 0.1) is 0 Å². The highest BCUT2D eigenvalue weighted by molar-refractivity contribution is 5.74. The van der Waals surface area contributed by atoms with Gasteiger partial charge in [0.1, 0.15) is 0 Å². The zero-order valence-electron chi connectivity index (χ0n) is 8.66. The third kappa shape index (κ3) is 4.85. The van der Waals surface area contributed by atoms with Gasteiger partial charge in [0.2, 0.25) is 0 Å². The van der Waals surface area contributed by atoms with Gasteiger partial charge >= 0.3 is 5.97 Å². The predicted molar refractivity (Wildman–Crippen MR) is 48.3 cm³/mol. The van der Waals surface area contributed by atoms with Crippen LogP contribution < -0.4 is 0 Å². The van der Waals surface area contributed by atoms with Crippen molar-refractivity contribution in [3.8, 4) is 0 Å². The highest BCUT2D eigenvalue weighted by Gasteiger charge is 2.22. The summed E-state index contributed by atoms with van der Waals surface area (Å²) < 4.78 is 9.52. The summed E-state index contributed by atoms with van der Waals surface area (Å²) in [6.07, 6.45) is -0.0766. The molecule has 0 radical (unpaired) electrons. The van der Waals surface area contributed by atoms with E-state index in [1.807, 2.05) is 13.8 Å². The highest BCUT2D eigenvalue weighted by Crippen LogP contribution is 2.16. The zero-order valence-corrected chi connectivity index (χ0v) is 8.66. The molecule has 13 heavy (non-hydrogen) atoms. The summed E-state index contributed by atoms with van der Waals surface area (Å²) in [7, 11) is 2.86. The van der Waals surface area contributed by atoms with E-state index in [-0.39, 0.29) is 5.60 Å². The normalized spacial score (nSPS) is 13.9. The van der Waals surface area contributed by atoms with Crippen LogP contribution in [0.5, 0.6) is 0 Å². The molecule has 1 N–H and O–H groups in total. The average Bonchev–Trinajstić information content (AvgIpc) is 2.13. The molecule has 1 atom stereocenters. The molecule has 0 rings (SSSR count). The molecule has 0 amide bonds. The van der Waals surface area contributed by atoms with Crippen LogP contribution in [0.15, 0.2) is 0 Å². The van der Waals surface area contributed by atoms with E-state index in [9.17, 15) is 9.90 Å². The predicted octanol–water partition coefficient (Wildman–Crippen LogP) is 0.725. The van der Waals surface area contributed by atoms with Gasteiger partial charge in [0.15, 0.2) is 6.10 Å². The van der Waals surface area contributed by atoms with Crippen LogP contribution in [-0.2, 0) is 14.3 Å². The number of methoxy groups -OCH3 is 2. The number of hydrogen-bond donors (Lipinski definition) is 1. The Morgan fingerprint density at radius 2 is 2.00 bits per heavy atom. The SMILES string of the molecule is COC(=O)C(O)CCC(C)(C)OC. The van der Waals surface area contributed by atoms with Gasteiger partial charge in [-0.1, -0.05) is 0 Å². The van der Waals surface area contributed by atoms with Crippen molar-refractivity contribution in [2.24, 2.45) is 0 Å². The summed E-state index contributed by atoms with van der Waals surface area (Å²) in [5.74, 6) is -0.591. The Bertz CT molecular complexity index is 165. The standard InChI is InChI=1S/C9H18O4/c1-9(2,13-4)6-5-7(10)8(11)12-3/h7,10H,5-6H2,1-4H3. The first-order chi connectivity index (χ1) is 5.93. The fraction of sp³-hybridized carbons (Fsp3) is 0.889. The van der Waals surface area contributed by atoms with E-state index in [2.05, 4.69) is 4.74 Å². The lowest BCUT2D eigenvalue weighted by molar-refractivity contribution is -0.151. The molecule has 0 heterocycles. The summed E-state index contributed by atoms with van der Waals surface area (Å²) in [5.41, 5.74) is -0.311. The maximum absolute atomic E-state index is 10.8. The van der Waals surface area contributed by atoms with Crippen LogP contribution in [0.3, 0.4) is 0 Å². The number of carbonyl (C=O) groups excluding carboxylic acids is 1. The van der Waals surface area contributed by atoms with Gasteiger partial charge in [-0.2, -0.15) is 0 Å². The highest BCUT2D eigenvalue weighted by atomic mass is 16.5. The number of esters is 1. The number of hydrogen-bond acceptors (Lipinski definition) is 4. The molecule has 0 aliphatic heterocycles. The average molecular weight is 190 g/mol. The van der Waals surface area contributed by atoms with Gasteiger partial charge in [-0.15, -0.1) is 0 Å². The van der Waals surface area contributed by atoms with Gasteiger partial charge in [-0.25, -0.2) is 4.79 Å². The first-order valence-electron chi connectivity index (χ1n) is 4.24. The van der Waals surface area contributed by atoms with Gasteiger partial charge in [0.05, 0.1) is 12.7 Å². The van der Waals surface area contributed by atoms with Crippen molar-refractivity contribution in [3.05, 3.63) is 0 Å². The topological polar surface area (TPSA) is 55.8 Å². The quantitative estimate of drug-likeness (QED) is 0.649. The molecule has 78 valence electrons. The lowest BCUT2D eigenvalue weighted by Gasteiger charge is -2.23. The Hall–Kier alpha value is -0.610. The lowest BCUT2D eigenvalue weighted by Crippen LogP contribution is -2.28. The van der Waals surface area contributed by atoms with Crippen molar-refractivity contribution in [2.75, 3.05) is 14.2 Å². The summed E-state index contributed by atoms with van der Waals surface area (Å²) in [6.45, 7) is 3.80. The Morgan fingerprint density at radius 3 is 2.38 bits per heavy atom. The van der Waals surface area contributed by atoms with E-state index in [0.29, 0.717) is 12.8 Å². The number of aliphatic hydroxyl groups excluding tert-OH is 1. The molecule has 0 bridgehead atoms. The van der Waals surface area contributed by atoms with Gasteiger partial charge in [-0.05, 0) is 26.7 Å². The summed E-state index contributed by atoms with van der Waals surface area (Å²) in [5, 5.41) is 9.25. The minimum atomic E-state index is -1.04. The molecule has 0 aliphatic carbocycles. The molecular weight excluding hydrogens is 172 g/mol. The molecule has 0 aromatic rings. The van der Waals surface area contributed by atoms with Crippen molar-refractivity contribution in [1.29, 1.82) is 0 Å². The molecule has 0 aromatic heterocycles. The van der Waals surface area contributed by atoms with E-state index < -0.39 is 12.1 Å². The van der Waals surface area contributed by atoms with Gasteiger partial charge < -0.3 is 14.6 Å². The third-order valence-corrected chi connectivity index (χ3v) is 2.05. The first-order valence-corrected chi connectivity index (χ1v) is 4.24. The van der Waals surface area contributed by atoms with E-state index in [0.717, 1.165) is 0 Å². The van der Waals surface area contributed by atoms with Crippen LogP contribution in [-0.4, -0.2) is 37.0 Å². The summed E-state index contributed by atoms with van der Waals surface area (Å²) >= 11 is 0. The largest absolute Gasteiger partial charge is 0.467 e. The fourth-order valence-corrected chi connectivity index (χ4v) is 0.840. The Labute approximate surface area is 78.8 Å². The molecule has 0 fully saturated rings. The van der Waals surface area contributed by atoms with Crippen LogP contribution >= 0.6 is 0 Å². The van der Waals surface area contributed by atoms with Crippen LogP contribution in [0.25, 0.3) is 0 Å². The maximum atomic E-state index is 10.8. The van der Waals surface area contributed by atoms with Crippen molar-refractivity contribution < 1.29 is 19.4 Å². The van der Waals surface area contributed by atoms with Crippen LogP contribution in [0.2, 0.25) is 0 Å². The second kappa shape index (κ2) is 5.19. The molecule has 4 nitrogen and oxygen atoms in total. The molecule has 1 unspecified atom stereocenters. The second-order valence-corrected chi connectivity index (χ2v) is 3.54. The monoisotopic (exact) mass is 190 g/mol. The summed E-state index contributed by atoms with van der Waals surface area (Å²) in [4.78, 5) is 10.8. The van der Waals surface area contributed by atoms with Gasteiger partial charge in [-0.3, -0.25) is 0 Å². The first kappa shape index (κ1) is 12.4. The van der Waals surface area contributed by atoms with Crippen molar-refractivity contribution in [1.82, 2.24) is 0 Å². The van der Waals surface area contributed by atoms with E-state index >= 15 is 0 Å². The van der Waals surface area contributed by atoms with E-state index in [4.69, 9.17) is 4.74 Å². The van der Waals surface area contributed by atoms with Crippen molar-refractivity contribution >= 4 is 5.97 Å². The number of carbonyl (C=O) groups is 1. The second-order valence-electron chi connectivity index (χ2n) is 3.54. The van der Waals surface area contributed by atoms with Crippen LogP contribution in [0.4, 0.5) is 0 Å². The summed E-state index contributed by atoms with van der Waals surface area (Å²) in [6, 6.07) is 0. The van der Waals surface area contributed by atoms with Crippen molar-refractivity contribution in [2.45, 2.75) is 38.4 Å². The minimum absolute atomic E-state index is 0.311. The third-order valence-electron chi connectivity index (χ3n) is 2.05. The van der Waals surface area contributed by atoms with Crippen LogP contribution in [0.1, 0.15) is 26.7 Å². The molecule has 0 saturated carbocycles. The molecular formula is C9H18O4. The Kier molecular flexibility index (Phi) is 4.95. The maximum Gasteiger partial charge on any atom is 0.334 e. The van der Waals surface area contributed by atoms with Gasteiger partial charge in [0.25, 0.3) is 0 Å². The molecule has 0 aromatic carbocycles.